The topological polar surface area (TPSA) is 0 Å². The first-order chi connectivity index (χ1) is 8.42. The Morgan fingerprint density at radius 3 is 0.765 bits per heavy atom. The van der Waals surface area contributed by atoms with Crippen molar-refractivity contribution in [3.8, 4) is 0 Å². The molecule has 0 unspecified atom stereocenters. The maximum absolute atomic E-state index is 1.66. The van der Waals surface area contributed by atoms with E-state index in [9.17, 15) is 0 Å². The maximum atomic E-state index is 1.66. The average molecular weight is 252 g/mol. The fourth-order valence-electron chi connectivity index (χ4n) is 5.63. The van der Waals surface area contributed by atoms with Crippen LogP contribution in [0.1, 0.15) is 77.0 Å². The molecule has 0 aromatic carbocycles. The Labute approximate surface area is 107 Å². The van der Waals surface area contributed by atoms with Crippen LogP contribution in [-0.4, -0.2) is 22.6 Å². The van der Waals surface area contributed by atoms with Gasteiger partial charge in [-0.15, -0.1) is 0 Å². The third-order valence-corrected chi connectivity index (χ3v) is 15.2. The third-order valence-electron chi connectivity index (χ3n) is 7.25. The summed E-state index contributed by atoms with van der Waals surface area (Å²) in [6.45, 7) is 0. The fourth-order valence-corrected chi connectivity index (χ4v) is 15.3. The van der Waals surface area contributed by atoms with E-state index < -0.39 is 7.26 Å². The standard InChI is InChI=1S/C16H29P/c1-5-13(6-1)17(14-7-2-8-14,15-9-3-10-15)16-11-4-12-16/h13-17H,1-12H2. The van der Waals surface area contributed by atoms with Crippen LogP contribution in [0.3, 0.4) is 0 Å². The molecule has 0 heterocycles. The van der Waals surface area contributed by atoms with Gasteiger partial charge in [0.15, 0.2) is 0 Å². The number of hydrogen-bond acceptors (Lipinski definition) is 0. The zero-order valence-corrected chi connectivity index (χ0v) is 12.3. The summed E-state index contributed by atoms with van der Waals surface area (Å²) in [6, 6.07) is 0. The second-order valence-electron chi connectivity index (χ2n) is 7.51. The van der Waals surface area contributed by atoms with Gasteiger partial charge in [0.25, 0.3) is 0 Å². The number of rotatable bonds is 4. The summed E-state index contributed by atoms with van der Waals surface area (Å²) in [6.07, 6.45) is 19.7. The minimum atomic E-state index is -0.862. The molecule has 0 aromatic heterocycles. The van der Waals surface area contributed by atoms with Gasteiger partial charge < -0.3 is 0 Å². The van der Waals surface area contributed by atoms with Gasteiger partial charge in [0.2, 0.25) is 0 Å². The normalized spacial score (nSPS) is 33.4. The van der Waals surface area contributed by atoms with Crippen molar-refractivity contribution in [1.29, 1.82) is 0 Å². The molecule has 0 bridgehead atoms. The molecular formula is C16H29P. The van der Waals surface area contributed by atoms with Gasteiger partial charge in [-0.1, -0.05) is 0 Å². The van der Waals surface area contributed by atoms with Crippen LogP contribution in [0.2, 0.25) is 0 Å². The molecule has 0 aliphatic heterocycles. The van der Waals surface area contributed by atoms with Gasteiger partial charge in [-0.2, -0.15) is 0 Å². The van der Waals surface area contributed by atoms with Gasteiger partial charge in [-0.25, -0.2) is 0 Å². The van der Waals surface area contributed by atoms with E-state index >= 15 is 0 Å². The second kappa shape index (κ2) is 4.22. The second-order valence-corrected chi connectivity index (χ2v) is 12.8. The molecule has 17 heavy (non-hydrogen) atoms. The van der Waals surface area contributed by atoms with Crippen molar-refractivity contribution in [3.63, 3.8) is 0 Å². The minimum absolute atomic E-state index is 0.862. The summed E-state index contributed by atoms with van der Waals surface area (Å²) in [4.78, 5) is 0. The quantitative estimate of drug-likeness (QED) is 0.621. The SMILES string of the molecule is C1CC([PH](C2CCC2)(C2CCC2)C2CCC2)C1. The van der Waals surface area contributed by atoms with E-state index in [2.05, 4.69) is 0 Å². The van der Waals surface area contributed by atoms with Crippen LogP contribution in [0.15, 0.2) is 0 Å². The van der Waals surface area contributed by atoms with E-state index in [-0.39, 0.29) is 0 Å². The van der Waals surface area contributed by atoms with Gasteiger partial charge >= 0.3 is 107 Å². The Morgan fingerprint density at radius 2 is 0.647 bits per heavy atom. The van der Waals surface area contributed by atoms with E-state index in [4.69, 9.17) is 0 Å². The summed E-state index contributed by atoms with van der Waals surface area (Å²) in [5.41, 5.74) is 5.23. The van der Waals surface area contributed by atoms with Crippen LogP contribution < -0.4 is 0 Å². The average Bonchev–Trinajstić information content (AvgIpc) is 1.86. The third kappa shape index (κ3) is 1.46. The molecule has 4 saturated carbocycles. The van der Waals surface area contributed by atoms with Crippen LogP contribution in [0.5, 0.6) is 0 Å². The van der Waals surface area contributed by atoms with Crippen molar-refractivity contribution in [2.75, 3.05) is 0 Å². The molecule has 98 valence electrons. The Balaban J connectivity index is 1.65. The summed E-state index contributed by atoms with van der Waals surface area (Å²) >= 11 is 0. The van der Waals surface area contributed by atoms with Gasteiger partial charge in [0.05, 0.1) is 0 Å². The first kappa shape index (κ1) is 11.3. The van der Waals surface area contributed by atoms with Crippen LogP contribution >= 0.6 is 7.26 Å². The first-order valence-corrected chi connectivity index (χ1v) is 10.7. The molecule has 0 spiro atoms. The monoisotopic (exact) mass is 252 g/mol. The zero-order chi connectivity index (χ0) is 11.3. The molecule has 0 atom stereocenters. The molecule has 0 radical (unpaired) electrons. The van der Waals surface area contributed by atoms with Gasteiger partial charge in [-0.3, -0.25) is 0 Å². The molecular weight excluding hydrogens is 223 g/mol. The van der Waals surface area contributed by atoms with Crippen LogP contribution in [0.4, 0.5) is 0 Å². The first-order valence-electron chi connectivity index (χ1n) is 8.42. The molecule has 4 aliphatic carbocycles. The van der Waals surface area contributed by atoms with E-state index in [0.29, 0.717) is 0 Å². The predicted molar refractivity (Wildman–Crippen MR) is 78.9 cm³/mol. The zero-order valence-electron chi connectivity index (χ0n) is 11.3. The van der Waals surface area contributed by atoms with Crippen LogP contribution in [0, 0.1) is 0 Å². The molecule has 4 fully saturated rings. The predicted octanol–water partition coefficient (Wildman–Crippen LogP) is 4.95. The molecule has 4 aliphatic rings. The summed E-state index contributed by atoms with van der Waals surface area (Å²) in [5.74, 6) is 0. The van der Waals surface area contributed by atoms with E-state index in [1.165, 1.54) is 22.6 Å². The van der Waals surface area contributed by atoms with Crippen LogP contribution in [-0.2, 0) is 0 Å². The van der Waals surface area contributed by atoms with Gasteiger partial charge in [-0.05, 0) is 0 Å². The summed E-state index contributed by atoms with van der Waals surface area (Å²) < 4.78 is 0. The Hall–Kier alpha value is 0.430. The Morgan fingerprint density at radius 1 is 0.412 bits per heavy atom. The molecule has 0 nitrogen and oxygen atoms in total. The van der Waals surface area contributed by atoms with Gasteiger partial charge in [0.1, 0.15) is 0 Å². The Bertz CT molecular complexity index is 220. The van der Waals surface area contributed by atoms with Crippen molar-refractivity contribution >= 4 is 7.26 Å². The molecule has 0 N–H and O–H groups in total. The summed E-state index contributed by atoms with van der Waals surface area (Å²) in [7, 11) is -0.862. The summed E-state index contributed by atoms with van der Waals surface area (Å²) in [5, 5.41) is 0. The van der Waals surface area contributed by atoms with Gasteiger partial charge in [0, 0.05) is 0 Å². The molecule has 0 saturated heterocycles. The Kier molecular flexibility index (Phi) is 2.80. The molecule has 1 heteroatoms. The molecule has 0 aromatic rings. The number of hydrogen-bond donors (Lipinski definition) is 0. The van der Waals surface area contributed by atoms with E-state index in [1.54, 1.807) is 77.0 Å². The van der Waals surface area contributed by atoms with Crippen LogP contribution in [0.25, 0.3) is 0 Å². The molecule has 0 amide bonds. The van der Waals surface area contributed by atoms with Crippen molar-refractivity contribution in [2.24, 2.45) is 0 Å². The van der Waals surface area contributed by atoms with Crippen molar-refractivity contribution in [3.05, 3.63) is 0 Å². The van der Waals surface area contributed by atoms with Crippen molar-refractivity contribution in [2.45, 2.75) is 99.7 Å². The van der Waals surface area contributed by atoms with Crippen molar-refractivity contribution in [1.82, 2.24) is 0 Å². The van der Waals surface area contributed by atoms with E-state index in [1.807, 2.05) is 0 Å². The van der Waals surface area contributed by atoms with E-state index in [0.717, 1.165) is 0 Å². The molecule has 4 rings (SSSR count). The van der Waals surface area contributed by atoms with Crippen molar-refractivity contribution < 1.29 is 0 Å². The fraction of sp³-hybridized carbons (Fsp3) is 1.00.